The molecule has 55 heavy (non-hydrogen) atoms. The Labute approximate surface area is 316 Å². The zero-order chi connectivity index (χ0) is 36.6. The summed E-state index contributed by atoms with van der Waals surface area (Å²) in [6, 6.07) is 65.9. The molecule has 0 aliphatic carbocycles. The third-order valence-corrected chi connectivity index (χ3v) is 11.1. The van der Waals surface area contributed by atoms with Gasteiger partial charge in [-0.25, -0.2) is 0 Å². The van der Waals surface area contributed by atoms with Gasteiger partial charge in [0.25, 0.3) is 0 Å². The number of fused-ring (bicyclic) bond motifs is 9. The Bertz CT molecular complexity index is 3420. The maximum atomic E-state index is 10.6. The third-order valence-electron chi connectivity index (χ3n) is 11.1. The molecule has 254 valence electrons. The number of hydrogen-bond acceptors (Lipinski definition) is 2. The van der Waals surface area contributed by atoms with Gasteiger partial charge in [0, 0.05) is 43.6 Å². The first-order valence-electron chi connectivity index (χ1n) is 18.3. The highest BCUT2D eigenvalue weighted by molar-refractivity contribution is 6.13. The highest BCUT2D eigenvalue weighted by atomic mass is 15.0. The van der Waals surface area contributed by atoms with E-state index in [0.29, 0.717) is 11.1 Å². The quantitative estimate of drug-likeness (QED) is 0.184. The zero-order valence-electron chi connectivity index (χ0n) is 29.5. The SMILES string of the molecule is N#Cc1ccc2c3ccccc3n(-c3ccccc3-c3ccc(C#N)c(-n4c5ccccc5c5cc(-n6c7ccccc7c7ccccc76)ccc54)c3)c2c1. The molecule has 3 aromatic heterocycles. The predicted octanol–water partition coefficient (Wildman–Crippen LogP) is 12.4. The predicted molar refractivity (Wildman–Crippen MR) is 224 cm³/mol. The zero-order valence-corrected chi connectivity index (χ0v) is 29.5. The third kappa shape index (κ3) is 4.45. The highest BCUT2D eigenvalue weighted by Gasteiger charge is 2.20. The fourth-order valence-corrected chi connectivity index (χ4v) is 8.75. The number of rotatable bonds is 4. The van der Waals surface area contributed by atoms with Crippen LogP contribution in [-0.4, -0.2) is 13.7 Å². The maximum Gasteiger partial charge on any atom is 0.101 e. The summed E-state index contributed by atoms with van der Waals surface area (Å²) in [4.78, 5) is 0. The van der Waals surface area contributed by atoms with Crippen LogP contribution in [0.2, 0.25) is 0 Å². The van der Waals surface area contributed by atoms with Gasteiger partial charge in [-0.15, -0.1) is 0 Å². The summed E-state index contributed by atoms with van der Waals surface area (Å²) in [5.74, 6) is 0. The van der Waals surface area contributed by atoms with Gasteiger partial charge in [0.15, 0.2) is 0 Å². The minimum Gasteiger partial charge on any atom is -0.309 e. The van der Waals surface area contributed by atoms with Gasteiger partial charge in [-0.2, -0.15) is 10.5 Å². The van der Waals surface area contributed by atoms with Gasteiger partial charge in [-0.05, 0) is 78.4 Å². The molecule has 0 amide bonds. The van der Waals surface area contributed by atoms with E-state index in [2.05, 4.69) is 171 Å². The van der Waals surface area contributed by atoms with Crippen LogP contribution in [0, 0.1) is 22.7 Å². The van der Waals surface area contributed by atoms with Gasteiger partial charge in [0.1, 0.15) is 6.07 Å². The van der Waals surface area contributed by atoms with Crippen LogP contribution in [0.15, 0.2) is 176 Å². The van der Waals surface area contributed by atoms with E-state index in [1.807, 2.05) is 30.3 Å². The van der Waals surface area contributed by atoms with E-state index in [4.69, 9.17) is 0 Å². The first-order chi connectivity index (χ1) is 27.2. The van der Waals surface area contributed by atoms with Crippen molar-refractivity contribution in [1.82, 2.24) is 13.7 Å². The van der Waals surface area contributed by atoms with Crippen molar-refractivity contribution in [2.45, 2.75) is 0 Å². The molecule has 0 bridgehead atoms. The van der Waals surface area contributed by atoms with Crippen molar-refractivity contribution in [3.63, 3.8) is 0 Å². The van der Waals surface area contributed by atoms with Crippen LogP contribution in [-0.2, 0) is 0 Å². The second-order valence-corrected chi connectivity index (χ2v) is 14.0. The van der Waals surface area contributed by atoms with Gasteiger partial charge in [0.05, 0.1) is 61.7 Å². The lowest BCUT2D eigenvalue weighted by atomic mass is 10.00. The number of hydrogen-bond donors (Lipinski definition) is 0. The van der Waals surface area contributed by atoms with Gasteiger partial charge in [0.2, 0.25) is 0 Å². The molecule has 0 saturated carbocycles. The van der Waals surface area contributed by atoms with Crippen molar-refractivity contribution in [2.75, 3.05) is 0 Å². The summed E-state index contributed by atoms with van der Waals surface area (Å²) in [5.41, 5.74) is 12.5. The van der Waals surface area contributed by atoms with E-state index in [1.165, 1.54) is 10.8 Å². The molecule has 0 spiro atoms. The van der Waals surface area contributed by atoms with Crippen LogP contribution in [0.4, 0.5) is 0 Å². The molecule has 8 aromatic carbocycles. The molecule has 0 N–H and O–H groups in total. The van der Waals surface area contributed by atoms with E-state index in [-0.39, 0.29) is 0 Å². The Hall–Kier alpha value is -7.86. The summed E-state index contributed by atoms with van der Waals surface area (Å²) in [7, 11) is 0. The van der Waals surface area contributed by atoms with E-state index in [1.54, 1.807) is 0 Å². The van der Waals surface area contributed by atoms with Crippen LogP contribution in [0.25, 0.3) is 93.6 Å². The molecule has 5 nitrogen and oxygen atoms in total. The Morgan fingerprint density at radius 2 is 0.873 bits per heavy atom. The minimum atomic E-state index is 0.589. The number of benzene rings is 8. The second-order valence-electron chi connectivity index (χ2n) is 14.0. The molecule has 0 unspecified atom stereocenters. The number of aromatic nitrogens is 3. The molecule has 0 radical (unpaired) electrons. The van der Waals surface area contributed by atoms with Crippen molar-refractivity contribution in [3.05, 3.63) is 187 Å². The molecule has 0 atom stereocenters. The Kier molecular flexibility index (Phi) is 6.61. The first-order valence-corrected chi connectivity index (χ1v) is 18.3. The van der Waals surface area contributed by atoms with E-state index < -0.39 is 0 Å². The van der Waals surface area contributed by atoms with Crippen LogP contribution in [0.5, 0.6) is 0 Å². The van der Waals surface area contributed by atoms with Crippen LogP contribution in [0.1, 0.15) is 11.1 Å². The molecule has 11 rings (SSSR count). The molecule has 0 saturated heterocycles. The van der Waals surface area contributed by atoms with Crippen molar-refractivity contribution in [3.8, 4) is 40.3 Å². The number of para-hydroxylation sites is 5. The second kappa shape index (κ2) is 11.8. The summed E-state index contributed by atoms with van der Waals surface area (Å²) in [6.07, 6.45) is 0. The smallest absolute Gasteiger partial charge is 0.101 e. The standard InChI is InChI=1S/C50H29N5/c51-30-32-21-25-41-39-14-4-9-19-46(39)55(50(41)27-32)43-16-6-1-11-36(43)33-22-23-34(31-52)49(28-33)54-47-20-10-5-15-40(47)42-29-35(24-26-48(42)54)53-44-17-7-2-12-37(44)38-13-3-8-18-45(38)53/h1-29H. The molecular formula is C50H29N5. The molecule has 5 heteroatoms. The van der Waals surface area contributed by atoms with Crippen molar-refractivity contribution < 1.29 is 0 Å². The molecule has 0 aliphatic heterocycles. The summed E-state index contributed by atoms with van der Waals surface area (Å²) in [5, 5.41) is 27.3. The number of nitriles is 2. The van der Waals surface area contributed by atoms with Crippen LogP contribution >= 0.6 is 0 Å². The van der Waals surface area contributed by atoms with Gasteiger partial charge in [-0.1, -0.05) is 103 Å². The minimum absolute atomic E-state index is 0.589. The molecule has 11 aromatic rings. The first kappa shape index (κ1) is 30.7. The molecule has 0 fully saturated rings. The summed E-state index contributed by atoms with van der Waals surface area (Å²) < 4.78 is 6.85. The maximum absolute atomic E-state index is 10.6. The van der Waals surface area contributed by atoms with E-state index >= 15 is 0 Å². The van der Waals surface area contributed by atoms with E-state index in [0.717, 1.165) is 82.8 Å². The lowest BCUT2D eigenvalue weighted by molar-refractivity contribution is 1.15. The van der Waals surface area contributed by atoms with Gasteiger partial charge < -0.3 is 13.7 Å². The number of nitrogens with zero attached hydrogens (tertiary/aromatic N) is 5. The van der Waals surface area contributed by atoms with Crippen LogP contribution in [0.3, 0.4) is 0 Å². The average Bonchev–Trinajstić information content (AvgIpc) is 3.88. The molecule has 0 aliphatic rings. The van der Waals surface area contributed by atoms with Crippen molar-refractivity contribution in [1.29, 1.82) is 10.5 Å². The van der Waals surface area contributed by atoms with Crippen LogP contribution < -0.4 is 0 Å². The van der Waals surface area contributed by atoms with Gasteiger partial charge >= 0.3 is 0 Å². The molecule has 3 heterocycles. The topological polar surface area (TPSA) is 62.4 Å². The van der Waals surface area contributed by atoms with Crippen molar-refractivity contribution in [2.24, 2.45) is 0 Å². The Morgan fingerprint density at radius 3 is 1.51 bits per heavy atom. The average molecular weight is 700 g/mol. The fourth-order valence-electron chi connectivity index (χ4n) is 8.75. The Morgan fingerprint density at radius 1 is 0.345 bits per heavy atom. The summed E-state index contributed by atoms with van der Waals surface area (Å²) >= 11 is 0. The Balaban J connectivity index is 1.15. The monoisotopic (exact) mass is 699 g/mol. The fraction of sp³-hybridized carbons (Fsp3) is 0. The molecular weight excluding hydrogens is 671 g/mol. The van der Waals surface area contributed by atoms with E-state index in [9.17, 15) is 10.5 Å². The largest absolute Gasteiger partial charge is 0.309 e. The normalized spacial score (nSPS) is 11.6. The lowest BCUT2D eigenvalue weighted by Gasteiger charge is -2.16. The van der Waals surface area contributed by atoms with Gasteiger partial charge in [-0.3, -0.25) is 0 Å². The lowest BCUT2D eigenvalue weighted by Crippen LogP contribution is -2.01. The summed E-state index contributed by atoms with van der Waals surface area (Å²) in [6.45, 7) is 0. The van der Waals surface area contributed by atoms with Crippen molar-refractivity contribution >= 4 is 65.4 Å². The highest BCUT2D eigenvalue weighted by Crippen LogP contribution is 2.40.